The average Bonchev–Trinajstić information content (AvgIpc) is 2.85. The summed E-state index contributed by atoms with van der Waals surface area (Å²) in [5.41, 5.74) is 0. The van der Waals surface area contributed by atoms with Crippen LogP contribution < -0.4 is 0 Å². The topological polar surface area (TPSA) is 40.6 Å². The van der Waals surface area contributed by atoms with Crippen LogP contribution in [0.4, 0.5) is 0 Å². The van der Waals surface area contributed by atoms with Crippen LogP contribution in [0.2, 0.25) is 0 Å². The number of piperidine rings is 1. The Labute approximate surface area is 127 Å². The quantitative estimate of drug-likeness (QED) is 0.822. The van der Waals surface area contributed by atoms with Gasteiger partial charge in [-0.25, -0.2) is 8.42 Å². The van der Waals surface area contributed by atoms with Crippen LogP contribution in [-0.2, 0) is 10.0 Å². The largest absolute Gasteiger partial charge is 0.303 e. The molecular weight excluding hydrogens is 348 g/mol. The fourth-order valence-corrected chi connectivity index (χ4v) is 5.99. The summed E-state index contributed by atoms with van der Waals surface area (Å²) < 4.78 is 27.8. The molecule has 19 heavy (non-hydrogen) atoms. The molecule has 1 fully saturated rings. The van der Waals surface area contributed by atoms with Crippen molar-refractivity contribution in [1.29, 1.82) is 0 Å². The van der Waals surface area contributed by atoms with E-state index in [-0.39, 0.29) is 6.04 Å². The van der Waals surface area contributed by atoms with Gasteiger partial charge in [0.05, 0.1) is 3.79 Å². The van der Waals surface area contributed by atoms with E-state index in [1.54, 1.807) is 23.5 Å². The molecule has 0 spiro atoms. The molecule has 1 aliphatic heterocycles. The zero-order chi connectivity index (χ0) is 14.0. The molecule has 0 aliphatic carbocycles. The van der Waals surface area contributed by atoms with Gasteiger partial charge in [-0.2, -0.15) is 4.31 Å². The van der Waals surface area contributed by atoms with Crippen molar-refractivity contribution in [3.8, 4) is 0 Å². The highest BCUT2D eigenvalue weighted by Crippen LogP contribution is 2.30. The molecule has 0 aromatic carbocycles. The third-order valence-electron chi connectivity index (χ3n) is 3.70. The number of thiophene rings is 1. The van der Waals surface area contributed by atoms with Crippen LogP contribution >= 0.6 is 27.3 Å². The maximum absolute atomic E-state index is 12.5. The fraction of sp³-hybridized carbons (Fsp3) is 0.667. The Balaban J connectivity index is 2.09. The maximum atomic E-state index is 12.5. The van der Waals surface area contributed by atoms with Crippen LogP contribution in [0.15, 0.2) is 20.1 Å². The lowest BCUT2D eigenvalue weighted by atomic mass is 10.1. The van der Waals surface area contributed by atoms with Crippen molar-refractivity contribution in [3.63, 3.8) is 0 Å². The summed E-state index contributed by atoms with van der Waals surface area (Å²) in [5.74, 6) is 0. The third-order valence-corrected chi connectivity index (χ3v) is 7.70. The van der Waals surface area contributed by atoms with Crippen molar-refractivity contribution in [1.82, 2.24) is 9.21 Å². The average molecular weight is 367 g/mol. The summed E-state index contributed by atoms with van der Waals surface area (Å²) in [7, 11) is -1.64. The number of rotatable bonds is 4. The standard InChI is InChI=1S/C12H19BrN2O2S2/c1-3-15-8-6-10(7-9-15)14(2)19(16,17)12-5-4-11(13)18-12/h4-5,10H,3,6-9H2,1-2H3. The van der Waals surface area contributed by atoms with Crippen molar-refractivity contribution in [2.45, 2.75) is 30.0 Å². The van der Waals surface area contributed by atoms with Gasteiger partial charge in [-0.05, 0) is 60.5 Å². The van der Waals surface area contributed by atoms with E-state index < -0.39 is 10.0 Å². The van der Waals surface area contributed by atoms with Crippen molar-refractivity contribution >= 4 is 37.3 Å². The van der Waals surface area contributed by atoms with E-state index in [0.29, 0.717) is 4.21 Å². The summed E-state index contributed by atoms with van der Waals surface area (Å²) in [6.07, 6.45) is 1.83. The van der Waals surface area contributed by atoms with Gasteiger partial charge in [0.25, 0.3) is 10.0 Å². The van der Waals surface area contributed by atoms with Gasteiger partial charge in [0.2, 0.25) is 0 Å². The Bertz CT molecular complexity index is 522. The van der Waals surface area contributed by atoms with E-state index in [1.807, 2.05) is 0 Å². The van der Waals surface area contributed by atoms with E-state index in [2.05, 4.69) is 27.8 Å². The summed E-state index contributed by atoms with van der Waals surface area (Å²) >= 11 is 4.58. The highest BCUT2D eigenvalue weighted by molar-refractivity contribution is 9.11. The van der Waals surface area contributed by atoms with Crippen LogP contribution in [0, 0.1) is 0 Å². The molecular formula is C12H19BrN2O2S2. The number of hydrogen-bond acceptors (Lipinski definition) is 4. The van der Waals surface area contributed by atoms with Gasteiger partial charge in [-0.1, -0.05) is 6.92 Å². The van der Waals surface area contributed by atoms with E-state index in [9.17, 15) is 8.42 Å². The Morgan fingerprint density at radius 2 is 2.05 bits per heavy atom. The maximum Gasteiger partial charge on any atom is 0.252 e. The van der Waals surface area contributed by atoms with Gasteiger partial charge < -0.3 is 4.90 Å². The van der Waals surface area contributed by atoms with E-state index in [1.165, 1.54) is 11.3 Å². The molecule has 0 bridgehead atoms. The second-order valence-corrected chi connectivity index (χ2v) is 9.43. The van der Waals surface area contributed by atoms with E-state index in [0.717, 1.165) is 36.3 Å². The molecule has 1 aromatic rings. The SMILES string of the molecule is CCN1CCC(N(C)S(=O)(=O)c2ccc(Br)s2)CC1. The van der Waals surface area contributed by atoms with Gasteiger partial charge >= 0.3 is 0 Å². The third kappa shape index (κ3) is 3.39. The highest BCUT2D eigenvalue weighted by Gasteiger charge is 2.31. The molecule has 7 heteroatoms. The Morgan fingerprint density at radius 1 is 1.42 bits per heavy atom. The minimum absolute atomic E-state index is 0.119. The van der Waals surface area contributed by atoms with E-state index >= 15 is 0 Å². The lowest BCUT2D eigenvalue weighted by molar-refractivity contribution is 0.176. The second kappa shape index (κ2) is 6.22. The normalized spacial score (nSPS) is 19.2. The monoisotopic (exact) mass is 366 g/mol. The van der Waals surface area contributed by atoms with Crippen molar-refractivity contribution in [2.24, 2.45) is 0 Å². The molecule has 1 saturated heterocycles. The summed E-state index contributed by atoms with van der Waals surface area (Å²) in [4.78, 5) is 2.36. The molecule has 108 valence electrons. The molecule has 0 atom stereocenters. The zero-order valence-corrected chi connectivity index (χ0v) is 14.4. The molecule has 1 aliphatic rings. The molecule has 2 rings (SSSR count). The molecule has 0 amide bonds. The summed E-state index contributed by atoms with van der Waals surface area (Å²) in [5, 5.41) is 0. The molecule has 0 N–H and O–H groups in total. The Hall–Kier alpha value is 0.0500. The Kier molecular flexibility index (Phi) is 5.05. The number of likely N-dealkylation sites (tertiary alicyclic amines) is 1. The van der Waals surface area contributed by atoms with Crippen LogP contribution in [0.25, 0.3) is 0 Å². The summed E-state index contributed by atoms with van der Waals surface area (Å²) in [6.45, 7) is 5.15. The highest BCUT2D eigenvalue weighted by atomic mass is 79.9. The first-order valence-corrected chi connectivity index (χ1v) is 9.46. The van der Waals surface area contributed by atoms with Gasteiger partial charge in [-0.3, -0.25) is 0 Å². The Morgan fingerprint density at radius 3 is 2.53 bits per heavy atom. The van der Waals surface area contributed by atoms with Crippen molar-refractivity contribution < 1.29 is 8.42 Å². The van der Waals surface area contributed by atoms with Gasteiger partial charge in [0.15, 0.2) is 0 Å². The number of nitrogens with zero attached hydrogens (tertiary/aromatic N) is 2. The van der Waals surface area contributed by atoms with Gasteiger partial charge in [0.1, 0.15) is 4.21 Å². The van der Waals surface area contributed by atoms with Crippen LogP contribution in [0.3, 0.4) is 0 Å². The van der Waals surface area contributed by atoms with Crippen molar-refractivity contribution in [3.05, 3.63) is 15.9 Å². The van der Waals surface area contributed by atoms with E-state index in [4.69, 9.17) is 0 Å². The molecule has 4 nitrogen and oxygen atoms in total. The second-order valence-electron chi connectivity index (χ2n) is 4.75. The minimum Gasteiger partial charge on any atom is -0.303 e. The lowest BCUT2D eigenvalue weighted by Crippen LogP contribution is -2.45. The minimum atomic E-state index is -3.34. The van der Waals surface area contributed by atoms with Crippen LogP contribution in [0.5, 0.6) is 0 Å². The summed E-state index contributed by atoms with van der Waals surface area (Å²) in [6, 6.07) is 3.57. The number of hydrogen-bond donors (Lipinski definition) is 0. The number of sulfonamides is 1. The molecule has 0 saturated carbocycles. The first-order valence-electron chi connectivity index (χ1n) is 6.41. The van der Waals surface area contributed by atoms with Crippen LogP contribution in [0.1, 0.15) is 19.8 Å². The smallest absolute Gasteiger partial charge is 0.252 e. The fourth-order valence-electron chi connectivity index (χ4n) is 2.37. The van der Waals surface area contributed by atoms with Crippen molar-refractivity contribution in [2.75, 3.05) is 26.7 Å². The molecule has 0 unspecified atom stereocenters. The van der Waals surface area contributed by atoms with Crippen LogP contribution in [-0.4, -0.2) is 50.3 Å². The first kappa shape index (κ1) is 15.4. The molecule has 0 radical (unpaired) electrons. The van der Waals surface area contributed by atoms with Gasteiger partial charge in [-0.15, -0.1) is 11.3 Å². The first-order chi connectivity index (χ1) is 8.95. The molecule has 2 heterocycles. The zero-order valence-electron chi connectivity index (χ0n) is 11.2. The van der Waals surface area contributed by atoms with Gasteiger partial charge in [0, 0.05) is 13.1 Å². The predicted molar refractivity (Wildman–Crippen MR) is 82.1 cm³/mol. The predicted octanol–water partition coefficient (Wildman–Crippen LogP) is 2.62. The lowest BCUT2D eigenvalue weighted by Gasteiger charge is -2.35. The number of halogens is 1. The molecule has 1 aromatic heterocycles.